The molecule has 0 aliphatic rings. The fourth-order valence-corrected chi connectivity index (χ4v) is 3.41. The molecule has 0 fully saturated rings. The molecule has 0 unspecified atom stereocenters. The summed E-state index contributed by atoms with van der Waals surface area (Å²) in [6, 6.07) is 3.21. The van der Waals surface area contributed by atoms with E-state index in [-0.39, 0.29) is 10.7 Å². The van der Waals surface area contributed by atoms with Crippen LogP contribution in [0.3, 0.4) is 0 Å². The summed E-state index contributed by atoms with van der Waals surface area (Å²) in [5.41, 5.74) is 0.874. The van der Waals surface area contributed by atoms with Gasteiger partial charge in [-0.15, -0.1) is 10.2 Å². The molecule has 0 amide bonds. The summed E-state index contributed by atoms with van der Waals surface area (Å²) in [5.74, 6) is 0.715. The first-order valence-corrected chi connectivity index (χ1v) is 8.53. The van der Waals surface area contributed by atoms with E-state index in [1.807, 2.05) is 0 Å². The number of hydrogen-bond donors (Lipinski definition) is 3. The van der Waals surface area contributed by atoms with E-state index in [1.165, 1.54) is 0 Å². The molecule has 0 saturated heterocycles. The van der Waals surface area contributed by atoms with Gasteiger partial charge in [0, 0.05) is 20.3 Å². The van der Waals surface area contributed by atoms with Gasteiger partial charge >= 0.3 is 0 Å². The second-order valence-electron chi connectivity index (χ2n) is 4.95. The topological polar surface area (TPSA) is 122 Å². The van der Waals surface area contributed by atoms with Crippen LogP contribution in [0.25, 0.3) is 0 Å². The van der Waals surface area contributed by atoms with Gasteiger partial charge in [0.2, 0.25) is 0 Å². The number of H-pyrrole nitrogens is 1. The molecule has 0 aliphatic heterocycles. The predicted octanol–water partition coefficient (Wildman–Crippen LogP) is 1.07. The molecule has 10 heteroatoms. The van der Waals surface area contributed by atoms with Crippen molar-refractivity contribution in [2.45, 2.75) is 25.2 Å². The van der Waals surface area contributed by atoms with Crippen LogP contribution in [0.15, 0.2) is 17.0 Å². The van der Waals surface area contributed by atoms with Crippen molar-refractivity contribution in [1.29, 1.82) is 0 Å². The van der Waals surface area contributed by atoms with Crippen LogP contribution in [0, 0.1) is 13.8 Å². The van der Waals surface area contributed by atoms with Gasteiger partial charge in [-0.2, -0.15) is 5.10 Å². The zero-order valence-corrected chi connectivity index (χ0v) is 14.1. The van der Waals surface area contributed by atoms with Gasteiger partial charge in [0.1, 0.15) is 10.7 Å². The molecule has 0 atom stereocenters. The van der Waals surface area contributed by atoms with E-state index in [9.17, 15) is 8.42 Å². The Hall–Kier alpha value is -2.20. The molecule has 9 nitrogen and oxygen atoms in total. The maximum atomic E-state index is 12.4. The molecule has 0 aliphatic carbocycles. The van der Waals surface area contributed by atoms with Crippen LogP contribution in [0.4, 0.5) is 11.6 Å². The summed E-state index contributed by atoms with van der Waals surface area (Å²) in [6.07, 6.45) is 0.839. The minimum atomic E-state index is -3.75. The molecule has 126 valence electrons. The molecule has 0 radical (unpaired) electrons. The molecule has 2 aromatic heterocycles. The molecule has 0 saturated carbocycles. The van der Waals surface area contributed by atoms with E-state index >= 15 is 0 Å². The molecule has 0 aromatic carbocycles. The third kappa shape index (κ3) is 4.39. The third-order valence-electron chi connectivity index (χ3n) is 3.06. The van der Waals surface area contributed by atoms with Crippen LogP contribution < -0.4 is 10.0 Å². The van der Waals surface area contributed by atoms with Crippen LogP contribution in [0.2, 0.25) is 0 Å². The highest BCUT2D eigenvalue weighted by Crippen LogP contribution is 2.19. The molecule has 2 aromatic rings. The number of rotatable bonds is 8. The lowest BCUT2D eigenvalue weighted by atomic mass is 10.4. The Morgan fingerprint density at radius 1 is 1.22 bits per heavy atom. The SMILES string of the molecule is COCCCNc1ccc(NS(=O)(=O)c2c(C)n[nH]c2C)nn1. The standard InChI is InChI=1S/C13H20N6O3S/c1-9-13(10(2)16-15-9)23(20,21)19-12-6-5-11(17-18-12)14-7-4-8-22-3/h5-6H,4,7-8H2,1-3H3,(H,14,17)(H,15,16)(H,18,19). The summed E-state index contributed by atoms with van der Waals surface area (Å²) in [7, 11) is -2.11. The predicted molar refractivity (Wildman–Crippen MR) is 85.9 cm³/mol. The van der Waals surface area contributed by atoms with Gasteiger partial charge in [-0.3, -0.25) is 9.82 Å². The normalized spacial score (nSPS) is 11.4. The van der Waals surface area contributed by atoms with Crippen molar-refractivity contribution in [3.8, 4) is 0 Å². The highest BCUT2D eigenvalue weighted by atomic mass is 32.2. The lowest BCUT2D eigenvalue weighted by Crippen LogP contribution is -2.16. The fourth-order valence-electron chi connectivity index (χ4n) is 2.04. The van der Waals surface area contributed by atoms with Gasteiger partial charge in [-0.25, -0.2) is 8.42 Å². The number of aromatic amines is 1. The van der Waals surface area contributed by atoms with Gasteiger partial charge in [-0.05, 0) is 32.4 Å². The second-order valence-corrected chi connectivity index (χ2v) is 6.56. The maximum absolute atomic E-state index is 12.4. The first-order valence-electron chi connectivity index (χ1n) is 7.05. The number of anilines is 2. The Balaban J connectivity index is 2.03. The number of aromatic nitrogens is 4. The Morgan fingerprint density at radius 2 is 1.91 bits per heavy atom. The van der Waals surface area contributed by atoms with Gasteiger partial charge in [-0.1, -0.05) is 0 Å². The summed E-state index contributed by atoms with van der Waals surface area (Å²) in [5, 5.41) is 17.4. The summed E-state index contributed by atoms with van der Waals surface area (Å²) in [6.45, 7) is 4.62. The third-order valence-corrected chi connectivity index (χ3v) is 4.68. The van der Waals surface area contributed by atoms with Crippen molar-refractivity contribution >= 4 is 21.7 Å². The fraction of sp³-hybridized carbons (Fsp3) is 0.462. The van der Waals surface area contributed by atoms with Crippen LogP contribution in [0.1, 0.15) is 17.8 Å². The van der Waals surface area contributed by atoms with Gasteiger partial charge in [0.15, 0.2) is 5.82 Å². The minimum absolute atomic E-state index is 0.126. The molecular weight excluding hydrogens is 320 g/mol. The number of nitrogens with zero attached hydrogens (tertiary/aromatic N) is 3. The highest BCUT2D eigenvalue weighted by molar-refractivity contribution is 7.92. The zero-order chi connectivity index (χ0) is 16.9. The quantitative estimate of drug-likeness (QED) is 0.614. The Kier molecular flexibility index (Phi) is 5.50. The van der Waals surface area contributed by atoms with Crippen molar-refractivity contribution < 1.29 is 13.2 Å². The molecule has 2 heterocycles. The average molecular weight is 340 g/mol. The van der Waals surface area contributed by atoms with E-state index in [0.717, 1.165) is 6.42 Å². The lowest BCUT2D eigenvalue weighted by Gasteiger charge is -2.08. The van der Waals surface area contributed by atoms with Crippen LogP contribution in [-0.2, 0) is 14.8 Å². The van der Waals surface area contributed by atoms with Crippen molar-refractivity contribution in [3.63, 3.8) is 0 Å². The monoisotopic (exact) mass is 340 g/mol. The van der Waals surface area contributed by atoms with Crippen molar-refractivity contribution in [1.82, 2.24) is 20.4 Å². The zero-order valence-electron chi connectivity index (χ0n) is 13.3. The van der Waals surface area contributed by atoms with Gasteiger partial charge in [0.05, 0.1) is 11.4 Å². The largest absolute Gasteiger partial charge is 0.385 e. The Bertz CT molecular complexity index is 722. The van der Waals surface area contributed by atoms with Crippen LogP contribution in [0.5, 0.6) is 0 Å². The number of methoxy groups -OCH3 is 1. The van der Waals surface area contributed by atoms with Gasteiger partial charge in [0.25, 0.3) is 10.0 Å². The molecule has 3 N–H and O–H groups in total. The van der Waals surface area contributed by atoms with Crippen molar-refractivity contribution in [2.75, 3.05) is 30.3 Å². The lowest BCUT2D eigenvalue weighted by molar-refractivity contribution is 0.197. The first kappa shape index (κ1) is 17.2. The minimum Gasteiger partial charge on any atom is -0.385 e. The molecule has 0 bridgehead atoms. The molecule has 2 rings (SSSR count). The second kappa shape index (κ2) is 7.38. The van der Waals surface area contributed by atoms with Crippen molar-refractivity contribution in [2.24, 2.45) is 0 Å². The molecule has 23 heavy (non-hydrogen) atoms. The van der Waals surface area contributed by atoms with E-state index < -0.39 is 10.0 Å². The summed E-state index contributed by atoms with van der Waals surface area (Å²) < 4.78 is 32.1. The van der Waals surface area contributed by atoms with Crippen molar-refractivity contribution in [3.05, 3.63) is 23.5 Å². The number of nitrogens with one attached hydrogen (secondary N) is 3. The first-order chi connectivity index (χ1) is 10.9. The van der Waals surface area contributed by atoms with Gasteiger partial charge < -0.3 is 10.1 Å². The summed E-state index contributed by atoms with van der Waals surface area (Å²) >= 11 is 0. The Labute approximate surface area is 134 Å². The summed E-state index contributed by atoms with van der Waals surface area (Å²) in [4.78, 5) is 0.126. The average Bonchev–Trinajstić information content (AvgIpc) is 2.85. The smallest absolute Gasteiger partial charge is 0.266 e. The number of aryl methyl sites for hydroxylation is 2. The highest BCUT2D eigenvalue weighted by Gasteiger charge is 2.22. The molecular formula is C13H20N6O3S. The van der Waals surface area contributed by atoms with E-state index in [0.29, 0.717) is 30.4 Å². The maximum Gasteiger partial charge on any atom is 0.266 e. The Morgan fingerprint density at radius 3 is 2.48 bits per heavy atom. The van der Waals surface area contributed by atoms with Crippen LogP contribution in [-0.4, -0.2) is 49.1 Å². The number of hydrogen-bond acceptors (Lipinski definition) is 7. The number of sulfonamides is 1. The van der Waals surface area contributed by atoms with E-state index in [1.54, 1.807) is 33.1 Å². The van der Waals surface area contributed by atoms with E-state index in [2.05, 4.69) is 30.4 Å². The number of ether oxygens (including phenoxy) is 1. The molecule has 0 spiro atoms. The van der Waals surface area contributed by atoms with E-state index in [4.69, 9.17) is 4.74 Å². The van der Waals surface area contributed by atoms with Crippen LogP contribution >= 0.6 is 0 Å².